The molecule has 0 radical (unpaired) electrons. The van der Waals surface area contributed by atoms with Crippen molar-refractivity contribution in [1.82, 2.24) is 9.80 Å². The third kappa shape index (κ3) is 4.07. The first-order valence-corrected chi connectivity index (χ1v) is 9.83. The molecule has 1 heterocycles. The standard InChI is InChI=1S/C23H31N3O/c1-25(2)17-18-26-15-13-21(14-16-26)23(22(24)27,19-9-5-3-6-10-19)20-11-7-4-8-12-20/h3-12,21H,13-18H2,1-2H3,(H2,24,27). The number of rotatable bonds is 7. The summed E-state index contributed by atoms with van der Waals surface area (Å²) in [6, 6.07) is 20.2. The molecule has 1 amide bonds. The van der Waals surface area contributed by atoms with Crippen LogP contribution in [0.4, 0.5) is 0 Å². The number of piperidine rings is 1. The van der Waals surface area contributed by atoms with E-state index in [1.807, 2.05) is 36.4 Å². The van der Waals surface area contributed by atoms with E-state index in [4.69, 9.17) is 5.73 Å². The highest BCUT2D eigenvalue weighted by atomic mass is 16.1. The number of carbonyl (C=O) groups excluding carboxylic acids is 1. The Hall–Kier alpha value is -2.17. The van der Waals surface area contributed by atoms with Gasteiger partial charge in [-0.3, -0.25) is 4.79 Å². The van der Waals surface area contributed by atoms with E-state index < -0.39 is 5.41 Å². The Balaban J connectivity index is 1.93. The molecule has 27 heavy (non-hydrogen) atoms. The minimum absolute atomic E-state index is 0.204. The molecule has 2 aromatic carbocycles. The molecule has 1 saturated heterocycles. The predicted octanol–water partition coefficient (Wildman–Crippen LogP) is 2.73. The molecule has 0 aliphatic carbocycles. The van der Waals surface area contributed by atoms with E-state index >= 15 is 0 Å². The zero-order valence-electron chi connectivity index (χ0n) is 16.5. The molecular formula is C23H31N3O. The van der Waals surface area contributed by atoms with Crippen molar-refractivity contribution in [2.75, 3.05) is 40.3 Å². The van der Waals surface area contributed by atoms with Crippen molar-refractivity contribution in [3.63, 3.8) is 0 Å². The monoisotopic (exact) mass is 365 g/mol. The first-order valence-electron chi connectivity index (χ1n) is 9.83. The van der Waals surface area contributed by atoms with Crippen LogP contribution in [0.5, 0.6) is 0 Å². The van der Waals surface area contributed by atoms with Crippen LogP contribution in [-0.2, 0) is 10.2 Å². The van der Waals surface area contributed by atoms with Gasteiger partial charge in [-0.15, -0.1) is 0 Å². The van der Waals surface area contributed by atoms with Gasteiger partial charge in [-0.2, -0.15) is 0 Å². The first kappa shape index (κ1) is 19.6. The summed E-state index contributed by atoms with van der Waals surface area (Å²) in [6.07, 6.45) is 1.94. The number of likely N-dealkylation sites (tertiary alicyclic amines) is 1. The lowest BCUT2D eigenvalue weighted by molar-refractivity contribution is -0.124. The van der Waals surface area contributed by atoms with Gasteiger partial charge in [-0.1, -0.05) is 60.7 Å². The topological polar surface area (TPSA) is 49.6 Å². The maximum absolute atomic E-state index is 13.0. The van der Waals surface area contributed by atoms with Crippen molar-refractivity contribution in [2.45, 2.75) is 18.3 Å². The number of amides is 1. The van der Waals surface area contributed by atoms with Crippen molar-refractivity contribution in [1.29, 1.82) is 0 Å². The second-order valence-corrected chi connectivity index (χ2v) is 7.82. The van der Waals surface area contributed by atoms with E-state index in [0.717, 1.165) is 50.1 Å². The molecule has 0 saturated carbocycles. The summed E-state index contributed by atoms with van der Waals surface area (Å²) >= 11 is 0. The predicted molar refractivity (Wildman–Crippen MR) is 111 cm³/mol. The number of hydrogen-bond donors (Lipinski definition) is 1. The quantitative estimate of drug-likeness (QED) is 0.821. The average molecular weight is 366 g/mol. The average Bonchev–Trinajstić information content (AvgIpc) is 2.69. The molecule has 144 valence electrons. The van der Waals surface area contributed by atoms with Crippen molar-refractivity contribution < 1.29 is 4.79 Å². The van der Waals surface area contributed by atoms with Gasteiger partial charge in [0.25, 0.3) is 0 Å². The molecule has 3 rings (SSSR count). The number of hydrogen-bond acceptors (Lipinski definition) is 3. The van der Waals surface area contributed by atoms with Crippen LogP contribution >= 0.6 is 0 Å². The fourth-order valence-electron chi connectivity index (χ4n) is 4.46. The molecule has 0 aromatic heterocycles. The van der Waals surface area contributed by atoms with Gasteiger partial charge in [0.2, 0.25) is 5.91 Å². The lowest BCUT2D eigenvalue weighted by atomic mass is 9.62. The molecule has 2 aromatic rings. The molecule has 0 atom stereocenters. The molecule has 1 aliphatic rings. The number of benzene rings is 2. The Morgan fingerprint density at radius 2 is 1.48 bits per heavy atom. The van der Waals surface area contributed by atoms with Crippen molar-refractivity contribution >= 4 is 5.91 Å². The van der Waals surface area contributed by atoms with Gasteiger partial charge in [-0.25, -0.2) is 0 Å². The van der Waals surface area contributed by atoms with Crippen LogP contribution < -0.4 is 5.73 Å². The molecular weight excluding hydrogens is 334 g/mol. The number of nitrogens with two attached hydrogens (primary N) is 1. The Morgan fingerprint density at radius 3 is 1.89 bits per heavy atom. The molecule has 1 fully saturated rings. The van der Waals surface area contributed by atoms with E-state index in [1.165, 1.54) is 0 Å². The molecule has 2 N–H and O–H groups in total. The summed E-state index contributed by atoms with van der Waals surface area (Å²) in [4.78, 5) is 17.7. The van der Waals surface area contributed by atoms with Crippen molar-refractivity contribution in [2.24, 2.45) is 11.7 Å². The highest BCUT2D eigenvalue weighted by molar-refractivity contribution is 5.91. The van der Waals surface area contributed by atoms with Gasteiger partial charge in [0.05, 0.1) is 0 Å². The smallest absolute Gasteiger partial charge is 0.232 e. The molecule has 0 unspecified atom stereocenters. The van der Waals surface area contributed by atoms with Gasteiger partial charge in [0, 0.05) is 13.1 Å². The normalized spacial score (nSPS) is 16.6. The summed E-state index contributed by atoms with van der Waals surface area (Å²) in [5.74, 6) is -0.0398. The zero-order chi connectivity index (χ0) is 19.3. The fraction of sp³-hybridized carbons (Fsp3) is 0.435. The van der Waals surface area contributed by atoms with Crippen LogP contribution in [0.2, 0.25) is 0 Å². The summed E-state index contributed by atoms with van der Waals surface area (Å²) in [7, 11) is 4.21. The molecule has 1 aliphatic heterocycles. The molecule has 0 bridgehead atoms. The number of primary amides is 1. The lowest BCUT2D eigenvalue weighted by Gasteiger charge is -2.44. The summed E-state index contributed by atoms with van der Waals surface area (Å²) < 4.78 is 0. The number of nitrogens with zero attached hydrogens (tertiary/aromatic N) is 2. The van der Waals surface area contributed by atoms with Crippen LogP contribution in [0, 0.1) is 5.92 Å². The van der Waals surface area contributed by atoms with Crippen LogP contribution in [0.3, 0.4) is 0 Å². The van der Waals surface area contributed by atoms with E-state index in [0.29, 0.717) is 0 Å². The second kappa shape index (κ2) is 8.68. The minimum atomic E-state index is -0.768. The van der Waals surface area contributed by atoms with Gasteiger partial charge >= 0.3 is 0 Å². The maximum atomic E-state index is 13.0. The van der Waals surface area contributed by atoms with Crippen LogP contribution in [-0.4, -0.2) is 56.0 Å². The van der Waals surface area contributed by atoms with Crippen LogP contribution in [0.1, 0.15) is 24.0 Å². The Bertz CT molecular complexity index is 682. The van der Waals surface area contributed by atoms with Crippen LogP contribution in [0.25, 0.3) is 0 Å². The van der Waals surface area contributed by atoms with Gasteiger partial charge < -0.3 is 15.5 Å². The highest BCUT2D eigenvalue weighted by Crippen LogP contribution is 2.44. The van der Waals surface area contributed by atoms with Crippen molar-refractivity contribution in [3.8, 4) is 0 Å². The minimum Gasteiger partial charge on any atom is -0.369 e. The van der Waals surface area contributed by atoms with E-state index in [9.17, 15) is 4.79 Å². The van der Waals surface area contributed by atoms with Gasteiger partial charge in [0.1, 0.15) is 5.41 Å². The fourth-order valence-corrected chi connectivity index (χ4v) is 4.46. The largest absolute Gasteiger partial charge is 0.369 e. The Morgan fingerprint density at radius 1 is 1.00 bits per heavy atom. The Labute approximate surface area is 163 Å². The van der Waals surface area contributed by atoms with Gasteiger partial charge in [0.15, 0.2) is 0 Å². The zero-order valence-corrected chi connectivity index (χ0v) is 16.5. The molecule has 4 nitrogen and oxygen atoms in total. The summed E-state index contributed by atoms with van der Waals surface area (Å²) in [6.45, 7) is 4.14. The third-order valence-electron chi connectivity index (χ3n) is 5.91. The van der Waals surface area contributed by atoms with Crippen LogP contribution in [0.15, 0.2) is 60.7 Å². The first-order chi connectivity index (χ1) is 13.0. The molecule has 0 spiro atoms. The lowest BCUT2D eigenvalue weighted by Crippen LogP contribution is -2.52. The summed E-state index contributed by atoms with van der Waals surface area (Å²) in [5, 5.41) is 0. The van der Waals surface area contributed by atoms with E-state index in [1.54, 1.807) is 0 Å². The maximum Gasteiger partial charge on any atom is 0.232 e. The second-order valence-electron chi connectivity index (χ2n) is 7.82. The third-order valence-corrected chi connectivity index (χ3v) is 5.91. The summed E-state index contributed by atoms with van der Waals surface area (Å²) in [5.41, 5.74) is 7.39. The SMILES string of the molecule is CN(C)CCN1CCC(C(C(N)=O)(c2ccccc2)c2ccccc2)CC1. The number of likely N-dealkylation sites (N-methyl/N-ethyl adjacent to an activating group) is 1. The highest BCUT2D eigenvalue weighted by Gasteiger charge is 2.47. The van der Waals surface area contributed by atoms with Crippen molar-refractivity contribution in [3.05, 3.63) is 71.8 Å². The van der Waals surface area contributed by atoms with E-state index in [-0.39, 0.29) is 11.8 Å². The molecule has 4 heteroatoms. The Kier molecular flexibility index (Phi) is 6.30. The van der Waals surface area contributed by atoms with E-state index in [2.05, 4.69) is 48.2 Å². The van der Waals surface area contributed by atoms with Gasteiger partial charge in [-0.05, 0) is 57.1 Å². The number of carbonyl (C=O) groups is 1.